The minimum atomic E-state index is 0.0135. The van der Waals surface area contributed by atoms with Crippen molar-refractivity contribution in [3.8, 4) is 0 Å². The number of nitrogens with zero attached hydrogens (tertiary/aromatic N) is 3. The number of aromatic nitrogens is 2. The number of piperazine rings is 1. The lowest BCUT2D eigenvalue weighted by atomic mass is 10.0. The van der Waals surface area contributed by atoms with Crippen LogP contribution in [0.1, 0.15) is 27.5 Å². The number of carbonyl (C=O) groups is 1. The van der Waals surface area contributed by atoms with Crippen LogP contribution in [0, 0.1) is 6.92 Å². The number of nitrogens with one attached hydrogen (secondary N) is 1. The molecule has 1 saturated heterocycles. The number of aryl methyl sites for hydroxylation is 1. The van der Waals surface area contributed by atoms with Crippen molar-refractivity contribution in [2.75, 3.05) is 19.6 Å². The molecular weight excluding hydrogens is 264 g/mol. The van der Waals surface area contributed by atoms with Gasteiger partial charge in [-0.2, -0.15) is 0 Å². The lowest BCUT2D eigenvalue weighted by molar-refractivity contribution is 0.0633. The van der Waals surface area contributed by atoms with Crippen LogP contribution in [-0.4, -0.2) is 40.4 Å². The Labute approximate surface area is 124 Å². The molecule has 2 aromatic heterocycles. The molecule has 108 valence electrons. The highest BCUT2D eigenvalue weighted by atomic mass is 16.2. The van der Waals surface area contributed by atoms with E-state index in [0.717, 1.165) is 24.2 Å². The van der Waals surface area contributed by atoms with E-state index in [-0.39, 0.29) is 11.9 Å². The van der Waals surface area contributed by atoms with Crippen LogP contribution >= 0.6 is 0 Å². The fourth-order valence-corrected chi connectivity index (χ4v) is 2.66. The molecular formula is C16H18N4O. The van der Waals surface area contributed by atoms with Crippen LogP contribution in [0.3, 0.4) is 0 Å². The van der Waals surface area contributed by atoms with Crippen molar-refractivity contribution in [2.45, 2.75) is 13.0 Å². The van der Waals surface area contributed by atoms with Gasteiger partial charge >= 0.3 is 0 Å². The third-order valence-corrected chi connectivity index (χ3v) is 3.84. The first-order chi connectivity index (χ1) is 10.3. The topological polar surface area (TPSA) is 58.1 Å². The van der Waals surface area contributed by atoms with Gasteiger partial charge in [-0.25, -0.2) is 0 Å². The summed E-state index contributed by atoms with van der Waals surface area (Å²) in [5.41, 5.74) is 2.69. The Bertz CT molecular complexity index is 629. The third-order valence-electron chi connectivity index (χ3n) is 3.84. The fourth-order valence-electron chi connectivity index (χ4n) is 2.66. The van der Waals surface area contributed by atoms with Gasteiger partial charge in [0.05, 0.1) is 11.6 Å². The predicted molar refractivity (Wildman–Crippen MR) is 79.9 cm³/mol. The summed E-state index contributed by atoms with van der Waals surface area (Å²) >= 11 is 0. The molecule has 5 heteroatoms. The zero-order chi connectivity index (χ0) is 14.7. The smallest absolute Gasteiger partial charge is 0.256 e. The Hall–Kier alpha value is -2.27. The van der Waals surface area contributed by atoms with E-state index < -0.39 is 0 Å². The molecule has 5 nitrogen and oxygen atoms in total. The average Bonchev–Trinajstić information content (AvgIpc) is 2.55. The largest absolute Gasteiger partial charge is 0.329 e. The first-order valence-electron chi connectivity index (χ1n) is 7.09. The lowest BCUT2D eigenvalue weighted by Gasteiger charge is -2.36. The predicted octanol–water partition coefficient (Wildman–Crippen LogP) is 1.57. The van der Waals surface area contributed by atoms with Crippen molar-refractivity contribution in [3.05, 3.63) is 59.7 Å². The van der Waals surface area contributed by atoms with E-state index in [1.54, 1.807) is 18.6 Å². The van der Waals surface area contributed by atoms with Gasteiger partial charge in [-0.05, 0) is 30.2 Å². The highest BCUT2D eigenvalue weighted by Crippen LogP contribution is 2.24. The standard InChI is InChI=1S/C16H18N4O/c1-12-4-6-18-10-14(12)16(21)20-8-7-19-11-15(20)13-3-2-5-17-9-13/h2-6,9-10,15,19H,7-8,11H2,1H3. The van der Waals surface area contributed by atoms with Gasteiger partial charge in [-0.3, -0.25) is 14.8 Å². The lowest BCUT2D eigenvalue weighted by Crippen LogP contribution is -2.48. The van der Waals surface area contributed by atoms with E-state index in [1.165, 1.54) is 0 Å². The van der Waals surface area contributed by atoms with Gasteiger partial charge in [-0.15, -0.1) is 0 Å². The first-order valence-corrected chi connectivity index (χ1v) is 7.09. The summed E-state index contributed by atoms with van der Waals surface area (Å²) in [7, 11) is 0. The quantitative estimate of drug-likeness (QED) is 0.908. The van der Waals surface area contributed by atoms with Gasteiger partial charge in [-0.1, -0.05) is 6.07 Å². The maximum atomic E-state index is 12.8. The maximum Gasteiger partial charge on any atom is 0.256 e. The number of hydrogen-bond donors (Lipinski definition) is 1. The van der Waals surface area contributed by atoms with Crippen molar-refractivity contribution in [2.24, 2.45) is 0 Å². The third kappa shape index (κ3) is 2.78. The second-order valence-electron chi connectivity index (χ2n) is 5.20. The van der Waals surface area contributed by atoms with Crippen LogP contribution in [0.15, 0.2) is 43.0 Å². The molecule has 1 fully saturated rings. The van der Waals surface area contributed by atoms with E-state index in [1.807, 2.05) is 36.2 Å². The van der Waals surface area contributed by atoms with E-state index in [4.69, 9.17) is 0 Å². The first kappa shape index (κ1) is 13.7. The molecule has 0 bridgehead atoms. The Morgan fingerprint density at radius 2 is 2.14 bits per heavy atom. The molecule has 0 saturated carbocycles. The zero-order valence-electron chi connectivity index (χ0n) is 12.0. The number of pyridine rings is 2. The van der Waals surface area contributed by atoms with Crippen LogP contribution in [0.4, 0.5) is 0 Å². The molecule has 0 radical (unpaired) electrons. The van der Waals surface area contributed by atoms with Gasteiger partial charge in [0.25, 0.3) is 5.91 Å². The number of rotatable bonds is 2. The molecule has 1 N–H and O–H groups in total. The SMILES string of the molecule is Cc1ccncc1C(=O)N1CCNCC1c1cccnc1. The van der Waals surface area contributed by atoms with E-state index >= 15 is 0 Å². The second kappa shape index (κ2) is 6.01. The highest BCUT2D eigenvalue weighted by molar-refractivity contribution is 5.95. The molecule has 2 aromatic rings. The van der Waals surface area contributed by atoms with Gasteiger partial charge in [0.1, 0.15) is 0 Å². The van der Waals surface area contributed by atoms with Gasteiger partial charge in [0.2, 0.25) is 0 Å². The second-order valence-corrected chi connectivity index (χ2v) is 5.20. The van der Waals surface area contributed by atoms with Crippen LogP contribution in [-0.2, 0) is 0 Å². The molecule has 21 heavy (non-hydrogen) atoms. The van der Waals surface area contributed by atoms with Crippen LogP contribution in [0.2, 0.25) is 0 Å². The molecule has 3 rings (SSSR count). The fraction of sp³-hybridized carbons (Fsp3) is 0.312. The summed E-state index contributed by atoms with van der Waals surface area (Å²) < 4.78 is 0. The normalized spacial score (nSPS) is 18.5. The maximum absolute atomic E-state index is 12.8. The number of hydrogen-bond acceptors (Lipinski definition) is 4. The Kier molecular flexibility index (Phi) is 3.92. The summed E-state index contributed by atoms with van der Waals surface area (Å²) in [4.78, 5) is 23.0. The molecule has 1 unspecified atom stereocenters. The van der Waals surface area contributed by atoms with Crippen molar-refractivity contribution in [3.63, 3.8) is 0 Å². The average molecular weight is 282 g/mol. The summed E-state index contributed by atoms with van der Waals surface area (Å²) in [6.45, 7) is 4.18. The van der Waals surface area contributed by atoms with E-state index in [0.29, 0.717) is 12.1 Å². The molecule has 0 aromatic carbocycles. The Balaban J connectivity index is 1.91. The summed E-state index contributed by atoms with van der Waals surface area (Å²) in [5.74, 6) is 0.0379. The monoisotopic (exact) mass is 282 g/mol. The Morgan fingerprint density at radius 1 is 1.29 bits per heavy atom. The van der Waals surface area contributed by atoms with Crippen LogP contribution in [0.5, 0.6) is 0 Å². The molecule has 0 aliphatic carbocycles. The molecule has 0 spiro atoms. The van der Waals surface area contributed by atoms with Crippen LogP contribution in [0.25, 0.3) is 0 Å². The summed E-state index contributed by atoms with van der Waals surface area (Å²) in [6, 6.07) is 5.80. The molecule has 1 aliphatic heterocycles. The molecule has 1 amide bonds. The van der Waals surface area contributed by atoms with E-state index in [2.05, 4.69) is 15.3 Å². The zero-order valence-corrected chi connectivity index (χ0v) is 12.0. The van der Waals surface area contributed by atoms with Crippen LogP contribution < -0.4 is 5.32 Å². The molecule has 1 atom stereocenters. The summed E-state index contributed by atoms with van der Waals surface area (Å²) in [5, 5.41) is 3.35. The minimum Gasteiger partial charge on any atom is -0.329 e. The van der Waals surface area contributed by atoms with Gasteiger partial charge in [0, 0.05) is 44.4 Å². The van der Waals surface area contributed by atoms with E-state index in [9.17, 15) is 4.79 Å². The van der Waals surface area contributed by atoms with Gasteiger partial charge < -0.3 is 10.2 Å². The van der Waals surface area contributed by atoms with Gasteiger partial charge in [0.15, 0.2) is 0 Å². The molecule has 1 aliphatic rings. The van der Waals surface area contributed by atoms with Crippen molar-refractivity contribution >= 4 is 5.91 Å². The highest BCUT2D eigenvalue weighted by Gasteiger charge is 2.29. The number of amides is 1. The van der Waals surface area contributed by atoms with Crippen molar-refractivity contribution < 1.29 is 4.79 Å². The minimum absolute atomic E-state index is 0.0135. The number of carbonyl (C=O) groups excluding carboxylic acids is 1. The molecule has 3 heterocycles. The summed E-state index contributed by atoms with van der Waals surface area (Å²) in [6.07, 6.45) is 6.94. The van der Waals surface area contributed by atoms with Crippen molar-refractivity contribution in [1.29, 1.82) is 0 Å². The Morgan fingerprint density at radius 3 is 2.90 bits per heavy atom. The van der Waals surface area contributed by atoms with Crippen molar-refractivity contribution in [1.82, 2.24) is 20.2 Å².